The Kier molecular flexibility index (Phi) is 2.71. The van der Waals surface area contributed by atoms with Gasteiger partial charge in [0.25, 0.3) is 11.9 Å². The van der Waals surface area contributed by atoms with Crippen LogP contribution in [0, 0.1) is 0 Å². The molecular formula is C12H11N3O4. The van der Waals surface area contributed by atoms with E-state index in [1.54, 1.807) is 6.07 Å². The van der Waals surface area contributed by atoms with E-state index in [9.17, 15) is 4.79 Å². The van der Waals surface area contributed by atoms with Crippen molar-refractivity contribution in [1.82, 2.24) is 10.3 Å². The number of hydrogen-bond donors (Lipinski definition) is 2. The van der Waals surface area contributed by atoms with E-state index in [1.807, 2.05) is 12.1 Å². The maximum atomic E-state index is 11.7. The summed E-state index contributed by atoms with van der Waals surface area (Å²) in [5.74, 6) is 1.04. The molecular weight excluding hydrogens is 250 g/mol. The lowest BCUT2D eigenvalue weighted by atomic mass is 10.2. The first-order valence-corrected chi connectivity index (χ1v) is 5.60. The fourth-order valence-corrected chi connectivity index (χ4v) is 1.72. The summed E-state index contributed by atoms with van der Waals surface area (Å²) >= 11 is 0. The largest absolute Gasteiger partial charge is 0.454 e. The number of amides is 1. The van der Waals surface area contributed by atoms with Gasteiger partial charge in [0.15, 0.2) is 17.2 Å². The number of rotatable bonds is 3. The minimum atomic E-state index is -0.349. The molecule has 2 aromatic rings. The summed E-state index contributed by atoms with van der Waals surface area (Å²) in [6.07, 6.45) is 1.21. The average molecular weight is 261 g/mol. The predicted molar refractivity (Wildman–Crippen MR) is 64.7 cm³/mol. The second-order valence-electron chi connectivity index (χ2n) is 3.94. The van der Waals surface area contributed by atoms with Gasteiger partial charge in [0.1, 0.15) is 6.26 Å². The van der Waals surface area contributed by atoms with Crippen LogP contribution in [0.2, 0.25) is 0 Å². The van der Waals surface area contributed by atoms with Crippen molar-refractivity contribution < 1.29 is 18.7 Å². The van der Waals surface area contributed by atoms with Gasteiger partial charge in [-0.3, -0.25) is 4.79 Å². The number of anilines is 1. The molecule has 1 aliphatic rings. The molecule has 3 N–H and O–H groups in total. The standard InChI is InChI=1S/C12H11N3O4/c13-12-15-8(5-17-12)11(16)14-4-7-1-2-9-10(3-7)19-6-18-9/h1-3,5H,4,6H2,(H2,13,15)(H,14,16). The zero-order chi connectivity index (χ0) is 13.2. The smallest absolute Gasteiger partial charge is 0.292 e. The summed E-state index contributed by atoms with van der Waals surface area (Å²) in [5.41, 5.74) is 6.35. The molecule has 1 aromatic heterocycles. The molecule has 0 fully saturated rings. The number of fused-ring (bicyclic) bond motifs is 1. The molecule has 0 unspecified atom stereocenters. The lowest BCUT2D eigenvalue weighted by molar-refractivity contribution is 0.0946. The molecule has 2 heterocycles. The molecule has 98 valence electrons. The average Bonchev–Trinajstić information content (AvgIpc) is 3.03. The van der Waals surface area contributed by atoms with Crippen molar-refractivity contribution in [3.8, 4) is 11.5 Å². The van der Waals surface area contributed by atoms with Crippen LogP contribution in [0.15, 0.2) is 28.9 Å². The molecule has 1 amide bonds. The number of nitrogens with two attached hydrogens (primary N) is 1. The third-order valence-electron chi connectivity index (χ3n) is 2.64. The highest BCUT2D eigenvalue weighted by Crippen LogP contribution is 2.32. The maximum absolute atomic E-state index is 11.7. The van der Waals surface area contributed by atoms with Crippen LogP contribution in [0.25, 0.3) is 0 Å². The number of carbonyl (C=O) groups is 1. The SMILES string of the molecule is Nc1nc(C(=O)NCc2ccc3c(c2)OCO3)co1. The lowest BCUT2D eigenvalue weighted by Crippen LogP contribution is -2.23. The topological polar surface area (TPSA) is 99.6 Å². The van der Waals surface area contributed by atoms with Crippen molar-refractivity contribution in [3.05, 3.63) is 35.7 Å². The van der Waals surface area contributed by atoms with Gasteiger partial charge in [0.2, 0.25) is 6.79 Å². The van der Waals surface area contributed by atoms with Crippen molar-refractivity contribution in [2.24, 2.45) is 0 Å². The van der Waals surface area contributed by atoms with Crippen LogP contribution in [-0.4, -0.2) is 17.7 Å². The van der Waals surface area contributed by atoms with E-state index in [-0.39, 0.29) is 24.4 Å². The number of nitrogens with zero attached hydrogens (tertiary/aromatic N) is 1. The Labute approximate surface area is 108 Å². The first-order valence-electron chi connectivity index (χ1n) is 5.60. The van der Waals surface area contributed by atoms with Crippen LogP contribution in [-0.2, 0) is 6.54 Å². The van der Waals surface area contributed by atoms with Crippen molar-refractivity contribution in [2.75, 3.05) is 12.5 Å². The third kappa shape index (κ3) is 2.30. The highest BCUT2D eigenvalue weighted by atomic mass is 16.7. The van der Waals surface area contributed by atoms with E-state index in [2.05, 4.69) is 10.3 Å². The second kappa shape index (κ2) is 4.52. The minimum absolute atomic E-state index is 0.0340. The summed E-state index contributed by atoms with van der Waals surface area (Å²) in [7, 11) is 0. The fraction of sp³-hybridized carbons (Fsp3) is 0.167. The minimum Gasteiger partial charge on any atom is -0.454 e. The first-order chi connectivity index (χ1) is 9.22. The molecule has 0 spiro atoms. The Morgan fingerprint density at radius 2 is 2.21 bits per heavy atom. The number of hydrogen-bond acceptors (Lipinski definition) is 6. The van der Waals surface area contributed by atoms with E-state index in [0.717, 1.165) is 5.56 Å². The van der Waals surface area contributed by atoms with Crippen LogP contribution in [0.4, 0.5) is 6.01 Å². The van der Waals surface area contributed by atoms with Gasteiger partial charge in [-0.05, 0) is 17.7 Å². The van der Waals surface area contributed by atoms with E-state index in [0.29, 0.717) is 18.0 Å². The fourth-order valence-electron chi connectivity index (χ4n) is 1.72. The molecule has 7 nitrogen and oxygen atoms in total. The van der Waals surface area contributed by atoms with Crippen LogP contribution >= 0.6 is 0 Å². The van der Waals surface area contributed by atoms with Gasteiger partial charge >= 0.3 is 0 Å². The highest BCUT2D eigenvalue weighted by Gasteiger charge is 2.14. The van der Waals surface area contributed by atoms with Crippen LogP contribution in [0.3, 0.4) is 0 Å². The van der Waals surface area contributed by atoms with E-state index >= 15 is 0 Å². The van der Waals surface area contributed by atoms with Crippen LogP contribution in [0.1, 0.15) is 16.1 Å². The van der Waals surface area contributed by atoms with E-state index < -0.39 is 0 Å². The van der Waals surface area contributed by atoms with Crippen LogP contribution in [0.5, 0.6) is 11.5 Å². The monoisotopic (exact) mass is 261 g/mol. The molecule has 3 rings (SSSR count). The first kappa shape index (κ1) is 11.4. The Bertz CT molecular complexity index is 623. The predicted octanol–water partition coefficient (Wildman–Crippen LogP) is 0.915. The van der Waals surface area contributed by atoms with Crippen LogP contribution < -0.4 is 20.5 Å². The van der Waals surface area contributed by atoms with Gasteiger partial charge in [-0.1, -0.05) is 6.07 Å². The summed E-state index contributed by atoms with van der Waals surface area (Å²) in [6.45, 7) is 0.575. The second-order valence-corrected chi connectivity index (χ2v) is 3.94. The number of carbonyl (C=O) groups excluding carboxylic acids is 1. The van der Waals surface area contributed by atoms with Gasteiger partial charge in [-0.15, -0.1) is 0 Å². The number of nitrogen functional groups attached to an aromatic ring is 1. The molecule has 0 aliphatic carbocycles. The summed E-state index contributed by atoms with van der Waals surface area (Å²) in [6, 6.07) is 5.44. The number of aromatic nitrogens is 1. The van der Waals surface area contributed by atoms with Gasteiger partial charge in [-0.2, -0.15) is 4.98 Å². The zero-order valence-corrected chi connectivity index (χ0v) is 9.88. The number of oxazole rings is 1. The molecule has 0 saturated heterocycles. The molecule has 0 atom stereocenters. The van der Waals surface area contributed by atoms with Crippen molar-refractivity contribution in [1.29, 1.82) is 0 Å². The number of ether oxygens (including phenoxy) is 2. The quantitative estimate of drug-likeness (QED) is 0.852. The molecule has 1 aliphatic heterocycles. The zero-order valence-electron chi connectivity index (χ0n) is 9.88. The van der Waals surface area contributed by atoms with Gasteiger partial charge in [0, 0.05) is 6.54 Å². The lowest BCUT2D eigenvalue weighted by Gasteiger charge is -2.04. The summed E-state index contributed by atoms with van der Waals surface area (Å²) in [4.78, 5) is 15.5. The van der Waals surface area contributed by atoms with Crippen molar-refractivity contribution >= 4 is 11.9 Å². The highest BCUT2D eigenvalue weighted by molar-refractivity contribution is 5.92. The molecule has 0 bridgehead atoms. The summed E-state index contributed by atoms with van der Waals surface area (Å²) < 4.78 is 15.2. The Morgan fingerprint density at radius 1 is 1.37 bits per heavy atom. The van der Waals surface area contributed by atoms with E-state index in [1.165, 1.54) is 6.26 Å². The molecule has 0 radical (unpaired) electrons. The van der Waals surface area contributed by atoms with Gasteiger partial charge in [0.05, 0.1) is 0 Å². The molecule has 1 aromatic carbocycles. The third-order valence-corrected chi connectivity index (χ3v) is 2.64. The Hall–Kier alpha value is -2.70. The Morgan fingerprint density at radius 3 is 3.00 bits per heavy atom. The molecule has 7 heteroatoms. The van der Waals surface area contributed by atoms with Gasteiger partial charge in [-0.25, -0.2) is 0 Å². The Balaban J connectivity index is 1.64. The van der Waals surface area contributed by atoms with E-state index in [4.69, 9.17) is 19.6 Å². The normalized spacial score (nSPS) is 12.4. The van der Waals surface area contributed by atoms with Gasteiger partial charge < -0.3 is 24.9 Å². The maximum Gasteiger partial charge on any atom is 0.292 e. The molecule has 0 saturated carbocycles. The number of nitrogens with one attached hydrogen (secondary N) is 1. The van der Waals surface area contributed by atoms with Crippen molar-refractivity contribution in [2.45, 2.75) is 6.54 Å². The molecule has 19 heavy (non-hydrogen) atoms. The number of benzene rings is 1. The summed E-state index contributed by atoms with van der Waals surface area (Å²) in [5, 5.41) is 2.71. The van der Waals surface area contributed by atoms with Crippen molar-refractivity contribution in [3.63, 3.8) is 0 Å².